The molecule has 1 aliphatic rings. The van der Waals surface area contributed by atoms with Gasteiger partial charge in [-0.15, -0.1) is 13.2 Å². The number of aromatic carboxylic acids is 1. The number of ether oxygens (including phenoxy) is 1. The summed E-state index contributed by atoms with van der Waals surface area (Å²) in [5.41, 5.74) is -1.18. The van der Waals surface area contributed by atoms with Crippen LogP contribution in [-0.4, -0.2) is 47.6 Å². The SMILES string of the molecule is CN1CC(C)(C(O)(c2ccc(OC(F)(F)F)cc2)c2ccc(C(=O)O)cc2)C1. The number of halogens is 3. The summed E-state index contributed by atoms with van der Waals surface area (Å²) in [7, 11) is 1.90. The maximum Gasteiger partial charge on any atom is 0.573 e. The van der Waals surface area contributed by atoms with E-state index in [1.165, 1.54) is 36.4 Å². The molecule has 0 aromatic heterocycles. The van der Waals surface area contributed by atoms with Crippen molar-refractivity contribution in [1.29, 1.82) is 0 Å². The Morgan fingerprint density at radius 1 is 1.04 bits per heavy atom. The van der Waals surface area contributed by atoms with Gasteiger partial charge in [-0.1, -0.05) is 31.2 Å². The fraction of sp³-hybridized carbons (Fsp3) is 0.350. The molecular weight excluding hydrogens is 375 g/mol. The number of alkyl halides is 3. The van der Waals surface area contributed by atoms with Crippen LogP contribution in [0, 0.1) is 5.41 Å². The number of likely N-dealkylation sites (tertiary alicyclic amines) is 1. The standard InChI is InChI=1S/C20H20F3NO4/c1-18(11-24(2)12-18)19(27,14-5-3-13(4-6-14)17(25)26)15-7-9-16(10-8-15)28-20(21,22)23/h3-10,27H,11-12H2,1-2H3,(H,25,26). The Morgan fingerprint density at radius 2 is 1.50 bits per heavy atom. The van der Waals surface area contributed by atoms with Crippen molar-refractivity contribution >= 4 is 5.97 Å². The molecule has 5 nitrogen and oxygen atoms in total. The molecule has 0 bridgehead atoms. The van der Waals surface area contributed by atoms with Gasteiger partial charge >= 0.3 is 12.3 Å². The first kappa shape index (κ1) is 20.2. The minimum absolute atomic E-state index is 0.0795. The number of hydrogen-bond donors (Lipinski definition) is 2. The fourth-order valence-electron chi connectivity index (χ4n) is 3.99. The third-order valence-electron chi connectivity index (χ3n) is 5.17. The summed E-state index contributed by atoms with van der Waals surface area (Å²) in [5.74, 6) is -1.46. The second-order valence-corrected chi connectivity index (χ2v) is 7.40. The Bertz CT molecular complexity index is 859. The molecule has 1 saturated heterocycles. The third-order valence-corrected chi connectivity index (χ3v) is 5.17. The highest BCUT2D eigenvalue weighted by atomic mass is 19.4. The van der Waals surface area contributed by atoms with E-state index >= 15 is 0 Å². The monoisotopic (exact) mass is 395 g/mol. The van der Waals surface area contributed by atoms with Crippen molar-refractivity contribution in [3.05, 3.63) is 65.2 Å². The minimum atomic E-state index is -4.80. The molecular formula is C20H20F3NO4. The average molecular weight is 395 g/mol. The Kier molecular flexibility index (Phi) is 4.89. The van der Waals surface area contributed by atoms with E-state index in [0.717, 1.165) is 12.1 Å². The van der Waals surface area contributed by atoms with Crippen molar-refractivity contribution in [1.82, 2.24) is 4.90 Å². The van der Waals surface area contributed by atoms with Gasteiger partial charge in [0.2, 0.25) is 0 Å². The lowest BCUT2D eigenvalue weighted by molar-refractivity contribution is -0.274. The van der Waals surface area contributed by atoms with Crippen LogP contribution in [0.25, 0.3) is 0 Å². The second kappa shape index (κ2) is 6.79. The third kappa shape index (κ3) is 3.57. The van der Waals surface area contributed by atoms with Crippen LogP contribution in [0.2, 0.25) is 0 Å². The van der Waals surface area contributed by atoms with Gasteiger partial charge in [0.25, 0.3) is 0 Å². The Labute approximate surface area is 160 Å². The van der Waals surface area contributed by atoms with Crippen LogP contribution in [0.5, 0.6) is 5.75 Å². The van der Waals surface area contributed by atoms with Crippen LogP contribution in [0.3, 0.4) is 0 Å². The van der Waals surface area contributed by atoms with Gasteiger partial charge in [0, 0.05) is 18.5 Å². The summed E-state index contributed by atoms with van der Waals surface area (Å²) in [6.07, 6.45) is -4.80. The molecule has 2 aromatic carbocycles. The van der Waals surface area contributed by atoms with Crippen LogP contribution >= 0.6 is 0 Å². The van der Waals surface area contributed by atoms with Crippen molar-refractivity contribution in [2.24, 2.45) is 5.41 Å². The zero-order valence-corrected chi connectivity index (χ0v) is 15.3. The van der Waals surface area contributed by atoms with E-state index in [1.54, 1.807) is 0 Å². The highest BCUT2D eigenvalue weighted by Crippen LogP contribution is 2.50. The molecule has 1 aliphatic heterocycles. The van der Waals surface area contributed by atoms with E-state index in [9.17, 15) is 23.1 Å². The molecule has 2 N–H and O–H groups in total. The van der Waals surface area contributed by atoms with Gasteiger partial charge in [-0.05, 0) is 42.4 Å². The maximum absolute atomic E-state index is 12.4. The molecule has 8 heteroatoms. The lowest BCUT2D eigenvalue weighted by Crippen LogP contribution is -2.63. The molecule has 0 spiro atoms. The lowest BCUT2D eigenvalue weighted by atomic mass is 9.62. The molecule has 1 unspecified atom stereocenters. The smallest absolute Gasteiger partial charge is 0.478 e. The number of nitrogens with zero attached hydrogens (tertiary/aromatic N) is 1. The topological polar surface area (TPSA) is 70.0 Å². The van der Waals surface area contributed by atoms with Crippen molar-refractivity contribution in [2.45, 2.75) is 18.9 Å². The summed E-state index contributed by atoms with van der Waals surface area (Å²) in [5, 5.41) is 20.9. The van der Waals surface area contributed by atoms with Crippen molar-refractivity contribution in [3.8, 4) is 5.75 Å². The van der Waals surface area contributed by atoms with E-state index < -0.39 is 23.3 Å². The highest BCUT2D eigenvalue weighted by Gasteiger charge is 2.55. The predicted molar refractivity (Wildman–Crippen MR) is 95.1 cm³/mol. The zero-order chi connectivity index (χ0) is 20.7. The van der Waals surface area contributed by atoms with E-state index in [-0.39, 0.29) is 11.3 Å². The molecule has 0 aliphatic carbocycles. The normalized spacial score (nSPS) is 18.8. The van der Waals surface area contributed by atoms with E-state index in [2.05, 4.69) is 4.74 Å². The first-order valence-electron chi connectivity index (χ1n) is 8.56. The Balaban J connectivity index is 2.03. The Hall–Kier alpha value is -2.58. The van der Waals surface area contributed by atoms with Crippen molar-refractivity contribution in [2.75, 3.05) is 20.1 Å². The molecule has 2 aromatic rings. The number of carboxylic acids is 1. The Morgan fingerprint density at radius 3 is 1.89 bits per heavy atom. The number of aliphatic hydroxyl groups is 1. The number of rotatable bonds is 5. The molecule has 1 fully saturated rings. The van der Waals surface area contributed by atoms with Gasteiger partial charge in [-0.3, -0.25) is 0 Å². The molecule has 0 saturated carbocycles. The molecule has 0 radical (unpaired) electrons. The average Bonchev–Trinajstić information content (AvgIpc) is 2.59. The van der Waals surface area contributed by atoms with Gasteiger partial charge in [0.15, 0.2) is 0 Å². The lowest BCUT2D eigenvalue weighted by Gasteiger charge is -2.56. The summed E-state index contributed by atoms with van der Waals surface area (Å²) < 4.78 is 41.1. The van der Waals surface area contributed by atoms with Crippen molar-refractivity contribution in [3.63, 3.8) is 0 Å². The van der Waals surface area contributed by atoms with E-state index in [0.29, 0.717) is 24.2 Å². The van der Waals surface area contributed by atoms with Crippen LogP contribution in [0.1, 0.15) is 28.4 Å². The largest absolute Gasteiger partial charge is 0.573 e. The molecule has 3 rings (SSSR count). The number of carboxylic acid groups (broad SMARTS) is 1. The van der Waals surface area contributed by atoms with Crippen LogP contribution in [-0.2, 0) is 5.60 Å². The first-order chi connectivity index (χ1) is 12.9. The van der Waals surface area contributed by atoms with Gasteiger partial charge in [-0.25, -0.2) is 4.79 Å². The van der Waals surface area contributed by atoms with Crippen molar-refractivity contribution < 1.29 is 32.9 Å². The number of benzene rings is 2. The van der Waals surface area contributed by atoms with Gasteiger partial charge in [-0.2, -0.15) is 0 Å². The van der Waals surface area contributed by atoms with Gasteiger partial charge in [0.05, 0.1) is 5.56 Å². The molecule has 28 heavy (non-hydrogen) atoms. The zero-order valence-electron chi connectivity index (χ0n) is 15.3. The second-order valence-electron chi connectivity index (χ2n) is 7.40. The van der Waals surface area contributed by atoms with Gasteiger partial charge in [0.1, 0.15) is 11.4 Å². The number of hydrogen-bond acceptors (Lipinski definition) is 4. The predicted octanol–water partition coefficient (Wildman–Crippen LogP) is 3.47. The molecule has 0 amide bonds. The van der Waals surface area contributed by atoms with Gasteiger partial charge < -0.3 is 19.8 Å². The van der Waals surface area contributed by atoms with E-state index in [1.807, 2.05) is 18.9 Å². The first-order valence-corrected chi connectivity index (χ1v) is 8.56. The quantitative estimate of drug-likeness (QED) is 0.811. The van der Waals surface area contributed by atoms with Crippen LogP contribution in [0.4, 0.5) is 13.2 Å². The van der Waals surface area contributed by atoms with Crippen LogP contribution < -0.4 is 4.74 Å². The summed E-state index contributed by atoms with van der Waals surface area (Å²) in [4.78, 5) is 13.1. The molecule has 1 heterocycles. The number of carbonyl (C=O) groups is 1. The summed E-state index contributed by atoms with van der Waals surface area (Å²) >= 11 is 0. The maximum atomic E-state index is 12.4. The summed E-state index contributed by atoms with van der Waals surface area (Å²) in [6.45, 7) is 3.01. The fourth-order valence-corrected chi connectivity index (χ4v) is 3.99. The molecule has 1 atom stereocenters. The van der Waals surface area contributed by atoms with E-state index in [4.69, 9.17) is 5.11 Å². The molecule has 150 valence electrons. The highest BCUT2D eigenvalue weighted by molar-refractivity contribution is 5.87. The van der Waals surface area contributed by atoms with Crippen LogP contribution in [0.15, 0.2) is 48.5 Å². The summed E-state index contributed by atoms with van der Waals surface area (Å²) in [6, 6.07) is 11.0. The minimum Gasteiger partial charge on any atom is -0.478 e.